The molecule has 0 aliphatic heterocycles. The Morgan fingerprint density at radius 3 is 3.09 bits per heavy atom. The molecule has 0 spiro atoms. The monoisotopic (exact) mass is 142 g/mol. The van der Waals surface area contributed by atoms with Crippen LogP contribution in [-0.4, -0.2) is 0 Å². The average molecular weight is 142 g/mol. The van der Waals surface area contributed by atoms with Crippen molar-refractivity contribution in [1.29, 1.82) is 0 Å². The van der Waals surface area contributed by atoms with Gasteiger partial charge < -0.3 is 0 Å². The van der Waals surface area contributed by atoms with E-state index >= 15 is 0 Å². The number of rotatable bonds is 0. The molecule has 0 saturated heterocycles. The average Bonchev–Trinajstić information content (AvgIpc) is 2.47. The summed E-state index contributed by atoms with van der Waals surface area (Å²) in [6.07, 6.45) is 11.4. The van der Waals surface area contributed by atoms with E-state index < -0.39 is 0 Å². The van der Waals surface area contributed by atoms with Crippen molar-refractivity contribution in [3.8, 4) is 24.2 Å². The summed E-state index contributed by atoms with van der Waals surface area (Å²) in [6, 6.07) is 0. The molecule has 1 rings (SSSR count). The summed E-state index contributed by atoms with van der Waals surface area (Å²) in [7, 11) is 0. The predicted octanol–water partition coefficient (Wildman–Crippen LogP) is 2.29. The zero-order chi connectivity index (χ0) is 8.10. The van der Waals surface area contributed by atoms with Crippen molar-refractivity contribution in [1.82, 2.24) is 0 Å². The minimum atomic E-state index is 1.02. The van der Waals surface area contributed by atoms with Gasteiger partial charge in [0.1, 0.15) is 0 Å². The van der Waals surface area contributed by atoms with Gasteiger partial charge >= 0.3 is 0 Å². The molecule has 0 amide bonds. The van der Waals surface area contributed by atoms with Crippen molar-refractivity contribution >= 4 is 0 Å². The second-order valence-corrected chi connectivity index (χ2v) is 2.36. The Balaban J connectivity index is 2.82. The van der Waals surface area contributed by atoms with Gasteiger partial charge in [-0.25, -0.2) is 0 Å². The first-order chi connectivity index (χ1) is 5.38. The maximum Gasteiger partial charge on any atom is 0.0241 e. The van der Waals surface area contributed by atoms with E-state index in [1.54, 1.807) is 0 Å². The van der Waals surface area contributed by atoms with Gasteiger partial charge in [0.2, 0.25) is 0 Å². The lowest BCUT2D eigenvalue weighted by Gasteiger charge is -1.92. The highest BCUT2D eigenvalue weighted by molar-refractivity contribution is 5.49. The van der Waals surface area contributed by atoms with Crippen molar-refractivity contribution in [2.24, 2.45) is 0 Å². The van der Waals surface area contributed by atoms with Crippen molar-refractivity contribution in [2.75, 3.05) is 0 Å². The Labute approximate surface area is 68.0 Å². The molecule has 1 aliphatic rings. The van der Waals surface area contributed by atoms with Crippen LogP contribution in [0.3, 0.4) is 0 Å². The van der Waals surface area contributed by atoms with Crippen LogP contribution >= 0.6 is 0 Å². The lowest BCUT2D eigenvalue weighted by Crippen LogP contribution is -1.77. The van der Waals surface area contributed by atoms with Crippen LogP contribution in [-0.2, 0) is 0 Å². The molecule has 0 aromatic rings. The molecule has 0 radical (unpaired) electrons. The Morgan fingerprint density at radius 2 is 2.45 bits per heavy atom. The highest BCUT2D eigenvalue weighted by atomic mass is 14.1. The second-order valence-electron chi connectivity index (χ2n) is 2.36. The number of allylic oxidation sites excluding steroid dienone is 4. The molecule has 0 heterocycles. The van der Waals surface area contributed by atoms with Crippen LogP contribution in [0.1, 0.15) is 19.8 Å². The molecule has 0 unspecified atom stereocenters. The lowest BCUT2D eigenvalue weighted by atomic mass is 10.1. The van der Waals surface area contributed by atoms with Crippen LogP contribution in [0.4, 0.5) is 0 Å². The third kappa shape index (κ3) is 1.76. The maximum absolute atomic E-state index is 5.29. The van der Waals surface area contributed by atoms with Crippen LogP contribution in [0.15, 0.2) is 23.3 Å². The van der Waals surface area contributed by atoms with Gasteiger partial charge in [-0.3, -0.25) is 0 Å². The van der Waals surface area contributed by atoms with Crippen molar-refractivity contribution in [2.45, 2.75) is 19.8 Å². The maximum atomic E-state index is 5.29. The van der Waals surface area contributed by atoms with Gasteiger partial charge in [0, 0.05) is 5.57 Å². The van der Waals surface area contributed by atoms with E-state index in [-0.39, 0.29) is 0 Å². The zero-order valence-electron chi connectivity index (χ0n) is 6.65. The van der Waals surface area contributed by atoms with Crippen LogP contribution in [0.2, 0.25) is 0 Å². The Kier molecular flexibility index (Phi) is 2.59. The summed E-state index contributed by atoms with van der Waals surface area (Å²) in [6.45, 7) is 1.82. The Hall–Kier alpha value is -1.40. The molecule has 0 heteroatoms. The molecule has 54 valence electrons. The van der Waals surface area contributed by atoms with E-state index in [0.717, 1.165) is 18.4 Å². The first-order valence-corrected chi connectivity index (χ1v) is 3.67. The van der Waals surface area contributed by atoms with Gasteiger partial charge in [0.05, 0.1) is 0 Å². The third-order valence-corrected chi connectivity index (χ3v) is 1.65. The third-order valence-electron chi connectivity index (χ3n) is 1.65. The van der Waals surface area contributed by atoms with E-state index in [0.29, 0.717) is 0 Å². The fraction of sp³-hybridized carbons (Fsp3) is 0.273. The van der Waals surface area contributed by atoms with E-state index in [1.807, 2.05) is 13.0 Å². The standard InChI is InChI=1S/C11H10/c1-3-5-7-11-9-6-8-10(11)4-2/h2,7-8H,6,9H2,1H3/b11-7-. The first-order valence-electron chi connectivity index (χ1n) is 3.67. The SMILES string of the molecule is C#CC1=CCC/C1=C/C#CC. The molecule has 0 aromatic heterocycles. The molecular formula is C11H10. The molecule has 0 saturated carbocycles. The fourth-order valence-electron chi connectivity index (χ4n) is 1.10. The fourth-order valence-corrected chi connectivity index (χ4v) is 1.10. The van der Waals surface area contributed by atoms with Gasteiger partial charge in [0.25, 0.3) is 0 Å². The second kappa shape index (κ2) is 3.69. The number of hydrogen-bond acceptors (Lipinski definition) is 0. The summed E-state index contributed by atoms with van der Waals surface area (Å²) in [5.74, 6) is 8.37. The van der Waals surface area contributed by atoms with Crippen LogP contribution in [0.25, 0.3) is 0 Å². The van der Waals surface area contributed by atoms with Crippen LogP contribution in [0, 0.1) is 24.2 Å². The highest BCUT2D eigenvalue weighted by Crippen LogP contribution is 2.23. The van der Waals surface area contributed by atoms with Crippen molar-refractivity contribution in [3.63, 3.8) is 0 Å². The molecule has 0 bridgehead atoms. The van der Waals surface area contributed by atoms with E-state index in [1.165, 1.54) is 5.57 Å². The molecule has 0 nitrogen and oxygen atoms in total. The molecule has 0 fully saturated rings. The Morgan fingerprint density at radius 1 is 1.64 bits per heavy atom. The summed E-state index contributed by atoms with van der Waals surface area (Å²) >= 11 is 0. The topological polar surface area (TPSA) is 0 Å². The molecule has 0 N–H and O–H groups in total. The normalized spacial score (nSPS) is 18.5. The number of terminal acetylenes is 1. The van der Waals surface area contributed by atoms with Crippen LogP contribution < -0.4 is 0 Å². The minimum Gasteiger partial charge on any atom is -0.115 e. The van der Waals surface area contributed by atoms with E-state index in [4.69, 9.17) is 6.42 Å². The van der Waals surface area contributed by atoms with Gasteiger partial charge in [-0.2, -0.15) is 0 Å². The van der Waals surface area contributed by atoms with E-state index in [9.17, 15) is 0 Å². The summed E-state index contributed by atoms with van der Waals surface area (Å²) in [5, 5.41) is 0. The summed E-state index contributed by atoms with van der Waals surface area (Å²) in [5.41, 5.74) is 2.23. The molecule has 11 heavy (non-hydrogen) atoms. The molecule has 1 aliphatic carbocycles. The van der Waals surface area contributed by atoms with Gasteiger partial charge in [-0.05, 0) is 31.4 Å². The number of hydrogen-bond donors (Lipinski definition) is 0. The van der Waals surface area contributed by atoms with Gasteiger partial charge in [0.15, 0.2) is 0 Å². The zero-order valence-corrected chi connectivity index (χ0v) is 6.65. The minimum absolute atomic E-state index is 1.02. The lowest BCUT2D eigenvalue weighted by molar-refractivity contribution is 1.06. The predicted molar refractivity (Wildman–Crippen MR) is 47.7 cm³/mol. The van der Waals surface area contributed by atoms with Crippen molar-refractivity contribution < 1.29 is 0 Å². The van der Waals surface area contributed by atoms with Crippen LogP contribution in [0.5, 0.6) is 0 Å². The highest BCUT2D eigenvalue weighted by Gasteiger charge is 2.07. The van der Waals surface area contributed by atoms with Gasteiger partial charge in [-0.1, -0.05) is 17.9 Å². The van der Waals surface area contributed by atoms with E-state index in [2.05, 4.69) is 23.8 Å². The molecular weight excluding hydrogens is 132 g/mol. The molecule has 0 atom stereocenters. The first kappa shape index (κ1) is 7.70. The molecule has 0 aromatic carbocycles. The quantitative estimate of drug-likeness (QED) is 0.455. The summed E-state index contributed by atoms with van der Waals surface area (Å²) < 4.78 is 0. The largest absolute Gasteiger partial charge is 0.115 e. The smallest absolute Gasteiger partial charge is 0.0241 e. The van der Waals surface area contributed by atoms with Crippen molar-refractivity contribution in [3.05, 3.63) is 23.3 Å². The van der Waals surface area contributed by atoms with Gasteiger partial charge in [-0.15, -0.1) is 12.3 Å². The Bertz CT molecular complexity index is 297. The summed E-state index contributed by atoms with van der Waals surface area (Å²) in [4.78, 5) is 0.